The number of likely N-dealkylation sites (tertiary alicyclic amines) is 1. The number of carbonyl (C=O) groups excluding carboxylic acids is 2. The van der Waals surface area contributed by atoms with Crippen LogP contribution in [0.5, 0.6) is 5.75 Å². The van der Waals surface area contributed by atoms with E-state index in [1.54, 1.807) is 13.0 Å². The Hall–Kier alpha value is -2.13. The number of rotatable bonds is 4. The summed E-state index contributed by atoms with van der Waals surface area (Å²) < 4.78 is 33.5. The van der Waals surface area contributed by atoms with Gasteiger partial charge in [0.2, 0.25) is 15.9 Å². The maximum absolute atomic E-state index is 13.3. The number of benzene rings is 1. The van der Waals surface area contributed by atoms with Crippen molar-refractivity contribution in [3.8, 4) is 5.75 Å². The summed E-state index contributed by atoms with van der Waals surface area (Å²) in [5.74, 6) is 0.192. The highest BCUT2D eigenvalue weighted by Crippen LogP contribution is 2.35. The summed E-state index contributed by atoms with van der Waals surface area (Å²) in [5.41, 5.74) is 1.05. The number of piperidine rings is 2. The molecule has 4 rings (SSSR count). The Kier molecular flexibility index (Phi) is 6.25. The van der Waals surface area contributed by atoms with Crippen molar-refractivity contribution in [2.24, 2.45) is 5.92 Å². The summed E-state index contributed by atoms with van der Waals surface area (Å²) in [6.07, 6.45) is 5.35. The highest BCUT2D eigenvalue weighted by molar-refractivity contribution is 7.89. The van der Waals surface area contributed by atoms with Gasteiger partial charge in [-0.25, -0.2) is 8.42 Å². The molecule has 2 saturated heterocycles. The van der Waals surface area contributed by atoms with Gasteiger partial charge in [-0.05, 0) is 57.1 Å². The van der Waals surface area contributed by atoms with Gasteiger partial charge in [0, 0.05) is 37.7 Å². The van der Waals surface area contributed by atoms with E-state index in [0.717, 1.165) is 25.8 Å². The zero-order valence-corrected chi connectivity index (χ0v) is 19.0. The molecule has 0 bridgehead atoms. The van der Waals surface area contributed by atoms with Crippen molar-refractivity contribution < 1.29 is 22.7 Å². The summed E-state index contributed by atoms with van der Waals surface area (Å²) >= 11 is 0. The number of ether oxygens (including phenoxy) is 1. The minimum absolute atomic E-state index is 0.109. The van der Waals surface area contributed by atoms with Gasteiger partial charge >= 0.3 is 0 Å². The second-order valence-electron chi connectivity index (χ2n) is 8.72. The molecule has 31 heavy (non-hydrogen) atoms. The first-order valence-corrected chi connectivity index (χ1v) is 12.6. The van der Waals surface area contributed by atoms with E-state index >= 15 is 0 Å². The van der Waals surface area contributed by atoms with Crippen LogP contribution < -0.4 is 10.1 Å². The summed E-state index contributed by atoms with van der Waals surface area (Å²) in [6, 6.07) is 3.45. The third-order valence-electron chi connectivity index (χ3n) is 6.71. The second kappa shape index (κ2) is 8.78. The van der Waals surface area contributed by atoms with Gasteiger partial charge in [-0.3, -0.25) is 9.59 Å². The third-order valence-corrected chi connectivity index (χ3v) is 8.75. The van der Waals surface area contributed by atoms with Gasteiger partial charge < -0.3 is 15.0 Å². The maximum Gasteiger partial charge on any atom is 0.262 e. The predicted octanol–water partition coefficient (Wildman–Crippen LogP) is 2.52. The lowest BCUT2D eigenvalue weighted by Crippen LogP contribution is -2.49. The van der Waals surface area contributed by atoms with Gasteiger partial charge in [0.15, 0.2) is 6.61 Å². The second-order valence-corrected chi connectivity index (χ2v) is 10.6. The summed E-state index contributed by atoms with van der Waals surface area (Å²) in [6.45, 7) is 5.20. The highest BCUT2D eigenvalue weighted by atomic mass is 32.2. The molecule has 1 atom stereocenters. The number of nitrogens with zero attached hydrogens (tertiary/aromatic N) is 2. The number of fused-ring (bicyclic) bond motifs is 1. The standard InChI is InChI=1S/C22H31N3O5S/c1-3-17-6-4-5-9-25(17)22(27)16-7-10-24(11-8-16)31(28,29)20-13-19-18(12-15(20)2)23-21(26)14-30-19/h12-13,16-17H,3-11,14H2,1-2H3,(H,23,26). The molecule has 8 nitrogen and oxygen atoms in total. The highest BCUT2D eigenvalue weighted by Gasteiger charge is 2.37. The minimum Gasteiger partial charge on any atom is -0.482 e. The van der Waals surface area contributed by atoms with Gasteiger partial charge in [-0.1, -0.05) is 6.92 Å². The van der Waals surface area contributed by atoms with Crippen LogP contribution in [0.3, 0.4) is 0 Å². The molecule has 1 aromatic carbocycles. The molecule has 3 aliphatic heterocycles. The molecule has 0 aliphatic carbocycles. The number of aryl methyl sites for hydroxylation is 1. The number of nitrogens with one attached hydrogen (secondary N) is 1. The van der Waals surface area contributed by atoms with Crippen molar-refractivity contribution in [3.05, 3.63) is 17.7 Å². The molecule has 0 spiro atoms. The molecule has 170 valence electrons. The Bertz CT molecular complexity index is 970. The average Bonchev–Trinajstić information content (AvgIpc) is 2.78. The van der Waals surface area contributed by atoms with Crippen molar-refractivity contribution >= 4 is 27.5 Å². The van der Waals surface area contributed by atoms with Crippen LogP contribution in [0.2, 0.25) is 0 Å². The van der Waals surface area contributed by atoms with Crippen LogP contribution in [0.15, 0.2) is 17.0 Å². The van der Waals surface area contributed by atoms with Crippen LogP contribution in [-0.4, -0.2) is 61.7 Å². The smallest absolute Gasteiger partial charge is 0.262 e. The van der Waals surface area contributed by atoms with Crippen LogP contribution in [0, 0.1) is 12.8 Å². The number of sulfonamides is 1. The molecule has 1 N–H and O–H groups in total. The van der Waals surface area contributed by atoms with E-state index in [0.29, 0.717) is 49.0 Å². The van der Waals surface area contributed by atoms with E-state index in [4.69, 9.17) is 4.74 Å². The largest absolute Gasteiger partial charge is 0.482 e. The molecule has 1 unspecified atom stereocenters. The Labute approximate surface area is 184 Å². The van der Waals surface area contributed by atoms with E-state index in [-0.39, 0.29) is 29.2 Å². The van der Waals surface area contributed by atoms with E-state index in [1.807, 2.05) is 4.90 Å². The third kappa shape index (κ3) is 4.30. The summed E-state index contributed by atoms with van der Waals surface area (Å²) in [5, 5.41) is 2.70. The normalized spacial score (nSPS) is 23.1. The molecule has 3 aliphatic rings. The first-order chi connectivity index (χ1) is 14.8. The van der Waals surface area contributed by atoms with Gasteiger partial charge in [-0.15, -0.1) is 0 Å². The molecule has 0 aromatic heterocycles. The van der Waals surface area contributed by atoms with E-state index < -0.39 is 10.0 Å². The zero-order chi connectivity index (χ0) is 22.2. The molecule has 0 radical (unpaired) electrons. The lowest BCUT2D eigenvalue weighted by atomic mass is 9.92. The minimum atomic E-state index is -3.71. The number of carbonyl (C=O) groups is 2. The average molecular weight is 450 g/mol. The number of amides is 2. The van der Waals surface area contributed by atoms with Crippen LogP contribution in [-0.2, 0) is 19.6 Å². The van der Waals surface area contributed by atoms with Crippen molar-refractivity contribution in [2.75, 3.05) is 31.6 Å². The van der Waals surface area contributed by atoms with Crippen molar-refractivity contribution in [1.82, 2.24) is 9.21 Å². The number of hydrogen-bond donors (Lipinski definition) is 1. The molecule has 2 fully saturated rings. The fourth-order valence-corrected chi connectivity index (χ4v) is 6.62. The topological polar surface area (TPSA) is 96.0 Å². The summed E-state index contributed by atoms with van der Waals surface area (Å²) in [7, 11) is -3.71. The van der Waals surface area contributed by atoms with Crippen molar-refractivity contribution in [2.45, 2.75) is 63.3 Å². The van der Waals surface area contributed by atoms with Crippen molar-refractivity contribution in [1.29, 1.82) is 0 Å². The lowest BCUT2D eigenvalue weighted by molar-refractivity contribution is -0.140. The Morgan fingerprint density at radius 3 is 2.61 bits per heavy atom. The maximum atomic E-state index is 13.3. The van der Waals surface area contributed by atoms with Crippen LogP contribution in [0.4, 0.5) is 5.69 Å². The lowest BCUT2D eigenvalue weighted by Gasteiger charge is -2.39. The molecule has 3 heterocycles. The van der Waals surface area contributed by atoms with Crippen molar-refractivity contribution in [3.63, 3.8) is 0 Å². The van der Waals surface area contributed by atoms with Gasteiger partial charge in [-0.2, -0.15) is 4.31 Å². The Morgan fingerprint density at radius 1 is 1.16 bits per heavy atom. The quantitative estimate of drug-likeness (QED) is 0.762. The first-order valence-electron chi connectivity index (χ1n) is 11.2. The molecule has 9 heteroatoms. The van der Waals surface area contributed by atoms with Crippen LogP contribution in [0.25, 0.3) is 0 Å². The Balaban J connectivity index is 1.46. The number of hydrogen-bond acceptors (Lipinski definition) is 5. The fraction of sp³-hybridized carbons (Fsp3) is 0.636. The van der Waals surface area contributed by atoms with Crippen LogP contribution in [0.1, 0.15) is 51.0 Å². The first kappa shape index (κ1) is 22.1. The van der Waals surface area contributed by atoms with Gasteiger partial charge in [0.25, 0.3) is 5.91 Å². The molecular formula is C22H31N3O5S. The molecular weight excluding hydrogens is 418 g/mol. The SMILES string of the molecule is CCC1CCCCN1C(=O)C1CCN(S(=O)(=O)c2cc3c(cc2C)NC(=O)CO3)CC1. The van der Waals surface area contributed by atoms with Gasteiger partial charge in [0.05, 0.1) is 10.6 Å². The van der Waals surface area contributed by atoms with E-state index in [9.17, 15) is 18.0 Å². The fourth-order valence-electron chi connectivity index (χ4n) is 4.93. The summed E-state index contributed by atoms with van der Waals surface area (Å²) in [4.78, 5) is 26.8. The zero-order valence-electron chi connectivity index (χ0n) is 18.2. The Morgan fingerprint density at radius 2 is 1.90 bits per heavy atom. The molecule has 2 amide bonds. The monoisotopic (exact) mass is 449 g/mol. The number of anilines is 1. The van der Waals surface area contributed by atoms with Crippen LogP contribution >= 0.6 is 0 Å². The van der Waals surface area contributed by atoms with E-state index in [1.165, 1.54) is 16.8 Å². The molecule has 0 saturated carbocycles. The van der Waals surface area contributed by atoms with E-state index in [2.05, 4.69) is 12.2 Å². The molecule has 1 aromatic rings. The van der Waals surface area contributed by atoms with Gasteiger partial charge in [0.1, 0.15) is 5.75 Å². The predicted molar refractivity (Wildman–Crippen MR) is 116 cm³/mol.